The van der Waals surface area contributed by atoms with E-state index in [0.717, 1.165) is 17.7 Å². The smallest absolute Gasteiger partial charge is 0.416 e. The lowest BCUT2D eigenvalue weighted by atomic mass is 9.88. The Morgan fingerprint density at radius 2 is 1.96 bits per heavy atom. The van der Waals surface area contributed by atoms with E-state index in [1.165, 1.54) is 19.2 Å². The lowest BCUT2D eigenvalue weighted by Crippen LogP contribution is -2.15. The van der Waals surface area contributed by atoms with Crippen LogP contribution in [-0.2, 0) is 20.4 Å². The summed E-state index contributed by atoms with van der Waals surface area (Å²) in [5.41, 5.74) is 0.744. The standard InChI is InChI=1S/C18H17F3O4/c1-3-13-14(9-4-6-10(7-5-9)18(19,20)21)11-8-12(17(23)24-2)15(22)16(11)25-13/h4-7,11,16,22H,3,8H2,1-2H3/t11-,16+/m0/s1. The van der Waals surface area contributed by atoms with Crippen molar-refractivity contribution in [3.8, 4) is 0 Å². The van der Waals surface area contributed by atoms with Crippen LogP contribution in [0, 0.1) is 5.92 Å². The van der Waals surface area contributed by atoms with Gasteiger partial charge in [-0.1, -0.05) is 19.1 Å². The number of esters is 1. The Hall–Kier alpha value is -2.44. The monoisotopic (exact) mass is 354 g/mol. The first-order valence-corrected chi connectivity index (χ1v) is 7.85. The molecule has 25 heavy (non-hydrogen) atoms. The average Bonchev–Trinajstić information content (AvgIpc) is 3.10. The average molecular weight is 354 g/mol. The second kappa shape index (κ2) is 6.13. The normalized spacial score (nSPS) is 22.9. The van der Waals surface area contributed by atoms with Crippen molar-refractivity contribution in [2.75, 3.05) is 7.11 Å². The molecule has 1 N–H and O–H groups in total. The number of aliphatic hydroxyl groups excluding tert-OH is 1. The lowest BCUT2D eigenvalue weighted by Gasteiger charge is -2.14. The van der Waals surface area contributed by atoms with E-state index >= 15 is 0 Å². The molecule has 4 nitrogen and oxygen atoms in total. The Morgan fingerprint density at radius 3 is 2.48 bits per heavy atom. The second-order valence-corrected chi connectivity index (χ2v) is 5.97. The third kappa shape index (κ3) is 2.88. The SMILES string of the molecule is CCC1=C(c2ccc(C(F)(F)F)cc2)[C@@H]2CC(C(=O)OC)=C(O)[C@@H]2O1. The molecule has 1 heterocycles. The van der Waals surface area contributed by atoms with Gasteiger partial charge in [-0.3, -0.25) is 0 Å². The Morgan fingerprint density at radius 1 is 1.32 bits per heavy atom. The van der Waals surface area contributed by atoms with Gasteiger partial charge >= 0.3 is 12.1 Å². The molecule has 0 radical (unpaired) electrons. The summed E-state index contributed by atoms with van der Waals surface area (Å²) in [5, 5.41) is 10.3. The maximum atomic E-state index is 12.8. The van der Waals surface area contributed by atoms with Crippen LogP contribution in [0.15, 0.2) is 41.4 Å². The Labute approximate surface area is 142 Å². The van der Waals surface area contributed by atoms with Crippen LogP contribution >= 0.6 is 0 Å². The number of carbonyl (C=O) groups excluding carboxylic acids is 1. The highest BCUT2D eigenvalue weighted by Gasteiger charge is 2.47. The highest BCUT2D eigenvalue weighted by atomic mass is 19.4. The number of rotatable bonds is 3. The zero-order chi connectivity index (χ0) is 18.4. The molecule has 0 spiro atoms. The molecule has 1 aliphatic heterocycles. The van der Waals surface area contributed by atoms with Crippen molar-refractivity contribution in [2.45, 2.75) is 32.0 Å². The van der Waals surface area contributed by atoms with Crippen molar-refractivity contribution >= 4 is 11.5 Å². The summed E-state index contributed by atoms with van der Waals surface area (Å²) in [4.78, 5) is 11.8. The molecule has 3 rings (SSSR count). The van der Waals surface area contributed by atoms with Crippen molar-refractivity contribution in [1.82, 2.24) is 0 Å². The predicted octanol–water partition coefficient (Wildman–Crippen LogP) is 4.23. The number of allylic oxidation sites excluding steroid dienone is 1. The van der Waals surface area contributed by atoms with Gasteiger partial charge in [0.2, 0.25) is 0 Å². The minimum atomic E-state index is -4.40. The Kier molecular flexibility index (Phi) is 4.26. The number of halogens is 3. The van der Waals surface area contributed by atoms with Gasteiger partial charge in [-0.25, -0.2) is 4.79 Å². The van der Waals surface area contributed by atoms with Crippen molar-refractivity contribution in [3.05, 3.63) is 52.5 Å². The summed E-state index contributed by atoms with van der Waals surface area (Å²) in [7, 11) is 1.22. The van der Waals surface area contributed by atoms with E-state index in [0.29, 0.717) is 17.7 Å². The van der Waals surface area contributed by atoms with Crippen LogP contribution in [0.2, 0.25) is 0 Å². The zero-order valence-electron chi connectivity index (χ0n) is 13.7. The number of hydrogen-bond donors (Lipinski definition) is 1. The molecule has 2 atom stereocenters. The van der Waals surface area contributed by atoms with Crippen LogP contribution in [0.1, 0.15) is 30.9 Å². The first kappa shape index (κ1) is 17.4. The van der Waals surface area contributed by atoms with Gasteiger partial charge in [-0.15, -0.1) is 0 Å². The molecule has 2 aliphatic rings. The molecule has 1 aromatic carbocycles. The maximum Gasteiger partial charge on any atom is 0.416 e. The Bertz CT molecular complexity index is 760. The van der Waals surface area contributed by atoms with E-state index in [1.54, 1.807) is 0 Å². The minimum Gasteiger partial charge on any atom is -0.508 e. The number of alkyl halides is 3. The molecule has 0 aromatic heterocycles. The van der Waals surface area contributed by atoms with Gasteiger partial charge in [-0.2, -0.15) is 13.2 Å². The summed E-state index contributed by atoms with van der Waals surface area (Å²) in [6.07, 6.45) is -4.34. The molecule has 0 bridgehead atoms. The largest absolute Gasteiger partial charge is 0.508 e. The van der Waals surface area contributed by atoms with Crippen LogP contribution < -0.4 is 0 Å². The van der Waals surface area contributed by atoms with Gasteiger partial charge in [0.25, 0.3) is 0 Å². The van der Waals surface area contributed by atoms with E-state index in [9.17, 15) is 23.1 Å². The van der Waals surface area contributed by atoms with Gasteiger partial charge in [0.05, 0.1) is 18.2 Å². The van der Waals surface area contributed by atoms with Crippen molar-refractivity contribution < 1.29 is 32.5 Å². The fourth-order valence-electron chi connectivity index (χ4n) is 3.41. The summed E-state index contributed by atoms with van der Waals surface area (Å²) in [6, 6.07) is 4.83. The highest BCUT2D eigenvalue weighted by molar-refractivity contribution is 5.91. The van der Waals surface area contributed by atoms with Crippen LogP contribution in [0.25, 0.3) is 5.57 Å². The van der Waals surface area contributed by atoms with E-state index in [2.05, 4.69) is 4.74 Å². The molecule has 0 amide bonds. The molecule has 0 unspecified atom stereocenters. The fraction of sp³-hybridized carbons (Fsp3) is 0.389. The molecule has 1 aliphatic carbocycles. The number of benzene rings is 1. The lowest BCUT2D eigenvalue weighted by molar-refractivity contribution is -0.138. The van der Waals surface area contributed by atoms with Gasteiger partial charge in [0.1, 0.15) is 11.5 Å². The summed E-state index contributed by atoms with van der Waals surface area (Å²) < 4.78 is 48.7. The molecule has 1 aromatic rings. The second-order valence-electron chi connectivity index (χ2n) is 5.97. The van der Waals surface area contributed by atoms with Gasteiger partial charge in [0.15, 0.2) is 6.10 Å². The van der Waals surface area contributed by atoms with Gasteiger partial charge < -0.3 is 14.6 Å². The van der Waals surface area contributed by atoms with E-state index in [1.807, 2.05) is 6.92 Å². The van der Waals surface area contributed by atoms with Gasteiger partial charge in [-0.05, 0) is 24.1 Å². The van der Waals surface area contributed by atoms with Gasteiger partial charge in [0, 0.05) is 17.9 Å². The van der Waals surface area contributed by atoms with Crippen LogP contribution in [-0.4, -0.2) is 24.3 Å². The number of aliphatic hydroxyl groups is 1. The summed E-state index contributed by atoms with van der Waals surface area (Å²) in [6.45, 7) is 1.86. The third-order valence-electron chi connectivity index (χ3n) is 4.58. The van der Waals surface area contributed by atoms with E-state index < -0.39 is 23.8 Å². The number of ether oxygens (including phenoxy) is 2. The first-order chi connectivity index (χ1) is 11.8. The molecule has 7 heteroatoms. The number of carbonyl (C=O) groups is 1. The van der Waals surface area contributed by atoms with Crippen LogP contribution in [0.3, 0.4) is 0 Å². The molecular weight excluding hydrogens is 337 g/mol. The third-order valence-corrected chi connectivity index (χ3v) is 4.58. The quantitative estimate of drug-likeness (QED) is 0.826. The number of fused-ring (bicyclic) bond motifs is 1. The Balaban J connectivity index is 1.95. The van der Waals surface area contributed by atoms with E-state index in [4.69, 9.17) is 4.74 Å². The number of hydrogen-bond acceptors (Lipinski definition) is 4. The fourth-order valence-corrected chi connectivity index (χ4v) is 3.41. The molecule has 134 valence electrons. The molecule has 0 saturated carbocycles. The molecular formula is C18H17F3O4. The zero-order valence-corrected chi connectivity index (χ0v) is 13.7. The number of methoxy groups -OCH3 is 1. The topological polar surface area (TPSA) is 55.8 Å². The highest BCUT2D eigenvalue weighted by Crippen LogP contribution is 2.49. The summed E-state index contributed by atoms with van der Waals surface area (Å²) in [5.74, 6) is -0.490. The van der Waals surface area contributed by atoms with Crippen molar-refractivity contribution in [1.29, 1.82) is 0 Å². The van der Waals surface area contributed by atoms with Crippen molar-refractivity contribution in [3.63, 3.8) is 0 Å². The maximum absolute atomic E-state index is 12.8. The molecule has 0 saturated heterocycles. The van der Waals surface area contributed by atoms with Crippen molar-refractivity contribution in [2.24, 2.45) is 5.92 Å². The van der Waals surface area contributed by atoms with Crippen LogP contribution in [0.4, 0.5) is 13.2 Å². The predicted molar refractivity (Wildman–Crippen MR) is 83.3 cm³/mol. The minimum absolute atomic E-state index is 0.150. The first-order valence-electron chi connectivity index (χ1n) is 7.85. The summed E-state index contributed by atoms with van der Waals surface area (Å²) >= 11 is 0. The van der Waals surface area contributed by atoms with Crippen LogP contribution in [0.5, 0.6) is 0 Å². The molecule has 0 fully saturated rings. The van der Waals surface area contributed by atoms with E-state index in [-0.39, 0.29) is 23.7 Å².